The number of amides is 2. The summed E-state index contributed by atoms with van der Waals surface area (Å²) in [6, 6.07) is 22.7. The molecule has 30 heavy (non-hydrogen) atoms. The largest absolute Gasteiger partial charge is 0.339 e. The molecule has 0 radical (unpaired) electrons. The Hall–Kier alpha value is -3.12. The van der Waals surface area contributed by atoms with Crippen LogP contribution in [0.2, 0.25) is 0 Å². The van der Waals surface area contributed by atoms with Crippen LogP contribution in [0.1, 0.15) is 34.0 Å². The maximum absolute atomic E-state index is 13.0. The lowest BCUT2D eigenvalue weighted by Gasteiger charge is -2.17. The number of thioether (sulfide) groups is 1. The van der Waals surface area contributed by atoms with Crippen molar-refractivity contribution >= 4 is 29.3 Å². The lowest BCUT2D eigenvalue weighted by molar-refractivity contribution is -0.115. The predicted octanol–water partition coefficient (Wildman–Crippen LogP) is 4.79. The Morgan fingerprint density at radius 1 is 0.900 bits per heavy atom. The molecule has 1 aliphatic heterocycles. The Bertz CT molecular complexity index is 988. The van der Waals surface area contributed by atoms with E-state index >= 15 is 0 Å². The average Bonchev–Trinajstić information content (AvgIpc) is 3.34. The number of carbonyl (C=O) groups excluding carboxylic acids is 2. The Morgan fingerprint density at radius 2 is 1.57 bits per heavy atom. The van der Waals surface area contributed by atoms with Gasteiger partial charge >= 0.3 is 0 Å². The first-order valence-electron chi connectivity index (χ1n) is 10.0. The highest BCUT2D eigenvalue weighted by Gasteiger charge is 2.24. The van der Waals surface area contributed by atoms with Crippen molar-refractivity contribution in [1.82, 2.24) is 9.88 Å². The SMILES string of the molecule is O=C(Nc1ccccc1)C(Sc1ccc(C(=O)N2CCCC2)cn1)c1ccccc1. The molecule has 1 unspecified atom stereocenters. The fourth-order valence-corrected chi connectivity index (χ4v) is 4.39. The second-order valence-electron chi connectivity index (χ2n) is 7.15. The zero-order valence-corrected chi connectivity index (χ0v) is 17.3. The van der Waals surface area contributed by atoms with Gasteiger partial charge in [-0.15, -0.1) is 0 Å². The van der Waals surface area contributed by atoms with Gasteiger partial charge in [-0.05, 0) is 42.7 Å². The van der Waals surface area contributed by atoms with Crippen molar-refractivity contribution in [2.24, 2.45) is 0 Å². The van der Waals surface area contributed by atoms with E-state index in [-0.39, 0.29) is 11.8 Å². The number of rotatable bonds is 6. The lowest BCUT2D eigenvalue weighted by Crippen LogP contribution is -2.27. The van der Waals surface area contributed by atoms with Crippen LogP contribution in [0, 0.1) is 0 Å². The molecule has 3 aromatic rings. The molecule has 1 aliphatic rings. The fraction of sp³-hybridized carbons (Fsp3) is 0.208. The number of benzene rings is 2. The quantitative estimate of drug-likeness (QED) is 0.586. The van der Waals surface area contributed by atoms with Gasteiger partial charge in [-0.1, -0.05) is 60.3 Å². The average molecular weight is 418 g/mol. The molecule has 1 aromatic heterocycles. The molecule has 4 rings (SSSR count). The maximum atomic E-state index is 13.0. The molecule has 1 saturated heterocycles. The van der Waals surface area contributed by atoms with E-state index in [1.807, 2.05) is 71.6 Å². The third kappa shape index (κ3) is 4.89. The highest BCUT2D eigenvalue weighted by molar-refractivity contribution is 8.00. The normalized spacial score (nSPS) is 14.3. The predicted molar refractivity (Wildman–Crippen MR) is 119 cm³/mol. The summed E-state index contributed by atoms with van der Waals surface area (Å²) in [6.45, 7) is 1.62. The van der Waals surface area contributed by atoms with Crippen LogP contribution in [-0.4, -0.2) is 34.8 Å². The molecule has 1 fully saturated rings. The van der Waals surface area contributed by atoms with Crippen molar-refractivity contribution in [3.05, 3.63) is 90.1 Å². The molecule has 0 bridgehead atoms. The molecule has 152 valence electrons. The molecule has 0 aliphatic carbocycles. The van der Waals surface area contributed by atoms with Gasteiger partial charge in [0.15, 0.2) is 0 Å². The standard InChI is InChI=1S/C24H23N3O2S/c28-23(26-20-11-5-2-6-12-20)22(18-9-3-1-4-10-18)30-21-14-13-19(17-25-21)24(29)27-15-7-8-16-27/h1-6,9-14,17,22H,7-8,15-16H2,(H,26,28). The summed E-state index contributed by atoms with van der Waals surface area (Å²) in [5.41, 5.74) is 2.24. The molecule has 2 amide bonds. The molecular formula is C24H23N3O2S. The van der Waals surface area contributed by atoms with Crippen LogP contribution in [0.5, 0.6) is 0 Å². The highest BCUT2D eigenvalue weighted by Crippen LogP contribution is 2.35. The van der Waals surface area contributed by atoms with Crippen LogP contribution in [0.15, 0.2) is 84.0 Å². The number of carbonyl (C=O) groups is 2. The number of anilines is 1. The Kier molecular flexibility index (Phi) is 6.44. The van der Waals surface area contributed by atoms with Gasteiger partial charge < -0.3 is 10.2 Å². The fourth-order valence-electron chi connectivity index (χ4n) is 3.43. The number of aromatic nitrogens is 1. The van der Waals surface area contributed by atoms with E-state index < -0.39 is 5.25 Å². The van der Waals surface area contributed by atoms with Gasteiger partial charge in [0.1, 0.15) is 5.25 Å². The van der Waals surface area contributed by atoms with Crippen molar-refractivity contribution in [3.8, 4) is 0 Å². The zero-order valence-electron chi connectivity index (χ0n) is 16.5. The maximum Gasteiger partial charge on any atom is 0.255 e. The first-order valence-corrected chi connectivity index (χ1v) is 10.9. The molecule has 2 heterocycles. The first-order chi connectivity index (χ1) is 14.7. The van der Waals surface area contributed by atoms with Crippen LogP contribution >= 0.6 is 11.8 Å². The number of hydrogen-bond donors (Lipinski definition) is 1. The number of hydrogen-bond acceptors (Lipinski definition) is 4. The topological polar surface area (TPSA) is 62.3 Å². The summed E-state index contributed by atoms with van der Waals surface area (Å²) in [7, 11) is 0. The molecule has 1 N–H and O–H groups in total. The van der Waals surface area contributed by atoms with Gasteiger partial charge in [0.2, 0.25) is 5.91 Å². The second kappa shape index (κ2) is 9.59. The molecule has 5 nitrogen and oxygen atoms in total. The number of pyridine rings is 1. The first kappa shape index (κ1) is 20.2. The van der Waals surface area contributed by atoms with Crippen LogP contribution in [0.25, 0.3) is 0 Å². The third-order valence-corrected chi connectivity index (χ3v) is 6.20. The van der Waals surface area contributed by atoms with Gasteiger partial charge in [-0.2, -0.15) is 0 Å². The van der Waals surface area contributed by atoms with Crippen molar-refractivity contribution < 1.29 is 9.59 Å². The number of likely N-dealkylation sites (tertiary alicyclic amines) is 1. The van der Waals surface area contributed by atoms with Gasteiger partial charge in [-0.25, -0.2) is 4.98 Å². The van der Waals surface area contributed by atoms with E-state index in [4.69, 9.17) is 0 Å². The van der Waals surface area contributed by atoms with Gasteiger partial charge in [-0.3, -0.25) is 9.59 Å². The summed E-state index contributed by atoms with van der Waals surface area (Å²) in [5.74, 6) is -0.0885. The van der Waals surface area contributed by atoms with Crippen molar-refractivity contribution in [2.45, 2.75) is 23.1 Å². The van der Waals surface area contributed by atoms with Crippen LogP contribution in [0.4, 0.5) is 5.69 Å². The minimum Gasteiger partial charge on any atom is -0.339 e. The highest BCUT2D eigenvalue weighted by atomic mass is 32.2. The number of nitrogens with zero attached hydrogens (tertiary/aromatic N) is 2. The van der Waals surface area contributed by atoms with E-state index in [2.05, 4.69) is 10.3 Å². The lowest BCUT2D eigenvalue weighted by atomic mass is 10.1. The summed E-state index contributed by atoms with van der Waals surface area (Å²) >= 11 is 1.37. The van der Waals surface area contributed by atoms with Crippen LogP contribution in [-0.2, 0) is 4.79 Å². The molecule has 1 atom stereocenters. The summed E-state index contributed by atoms with van der Waals surface area (Å²) < 4.78 is 0. The zero-order chi connectivity index (χ0) is 20.8. The Balaban J connectivity index is 1.51. The van der Waals surface area contributed by atoms with E-state index in [0.29, 0.717) is 10.6 Å². The molecule has 0 saturated carbocycles. The summed E-state index contributed by atoms with van der Waals surface area (Å²) in [4.78, 5) is 31.9. The van der Waals surface area contributed by atoms with Gasteiger partial charge in [0.05, 0.1) is 10.6 Å². The van der Waals surface area contributed by atoms with E-state index in [1.165, 1.54) is 11.8 Å². The van der Waals surface area contributed by atoms with E-state index in [1.54, 1.807) is 12.3 Å². The smallest absolute Gasteiger partial charge is 0.255 e. The Labute approximate surface area is 180 Å². The summed E-state index contributed by atoms with van der Waals surface area (Å²) in [5, 5.41) is 3.22. The van der Waals surface area contributed by atoms with Crippen LogP contribution < -0.4 is 5.32 Å². The number of para-hydroxylation sites is 1. The number of nitrogens with one attached hydrogen (secondary N) is 1. The van der Waals surface area contributed by atoms with E-state index in [0.717, 1.165) is 37.2 Å². The summed E-state index contributed by atoms with van der Waals surface area (Å²) in [6.07, 6.45) is 3.73. The third-order valence-electron chi connectivity index (χ3n) is 5.00. The molecular weight excluding hydrogens is 394 g/mol. The van der Waals surface area contributed by atoms with E-state index in [9.17, 15) is 9.59 Å². The van der Waals surface area contributed by atoms with Crippen molar-refractivity contribution in [1.29, 1.82) is 0 Å². The van der Waals surface area contributed by atoms with Gasteiger partial charge in [0.25, 0.3) is 5.91 Å². The molecule has 6 heteroatoms. The monoisotopic (exact) mass is 417 g/mol. The Morgan fingerprint density at radius 3 is 2.20 bits per heavy atom. The molecule has 0 spiro atoms. The van der Waals surface area contributed by atoms with Gasteiger partial charge in [0, 0.05) is 25.0 Å². The minimum absolute atomic E-state index is 0.0259. The second-order valence-corrected chi connectivity index (χ2v) is 8.27. The molecule has 2 aromatic carbocycles. The van der Waals surface area contributed by atoms with Crippen molar-refractivity contribution in [3.63, 3.8) is 0 Å². The van der Waals surface area contributed by atoms with Crippen LogP contribution in [0.3, 0.4) is 0 Å². The minimum atomic E-state index is -0.459. The van der Waals surface area contributed by atoms with Crippen molar-refractivity contribution in [2.75, 3.05) is 18.4 Å².